The fraction of sp³-hybridized carbons (Fsp3) is 0.250. The highest BCUT2D eigenvalue weighted by molar-refractivity contribution is 8.04. The maximum atomic E-state index is 11.6. The first kappa shape index (κ1) is 15.0. The Labute approximate surface area is 115 Å². The van der Waals surface area contributed by atoms with Crippen molar-refractivity contribution in [1.29, 1.82) is 0 Å². The Hall–Kier alpha value is -2.02. The van der Waals surface area contributed by atoms with E-state index in [0.717, 1.165) is 11.8 Å². The molecule has 0 aliphatic carbocycles. The molecular formula is C12H14N2O4S. The summed E-state index contributed by atoms with van der Waals surface area (Å²) in [5.41, 5.74) is -0.0160. The number of benzene rings is 1. The van der Waals surface area contributed by atoms with Crippen molar-refractivity contribution in [1.82, 2.24) is 5.32 Å². The average molecular weight is 282 g/mol. The van der Waals surface area contributed by atoms with Crippen LogP contribution in [0, 0.1) is 10.1 Å². The zero-order chi connectivity index (χ0) is 14.3. The van der Waals surface area contributed by atoms with E-state index in [2.05, 4.69) is 10.1 Å². The molecule has 0 unspecified atom stereocenters. The number of non-ortho nitro benzene ring substituents is 1. The molecule has 0 saturated heterocycles. The quantitative estimate of drug-likeness (QED) is 0.283. The highest BCUT2D eigenvalue weighted by Gasteiger charge is 2.13. The first-order chi connectivity index (χ1) is 9.08. The SMILES string of the molecule is CCNC=C(Sc1cccc([N+](=O)[O-])c1)C(=O)OC. The molecule has 0 aliphatic rings. The van der Waals surface area contributed by atoms with Gasteiger partial charge in [-0.05, 0) is 13.0 Å². The number of nitrogens with one attached hydrogen (secondary N) is 1. The van der Waals surface area contributed by atoms with Crippen LogP contribution >= 0.6 is 11.8 Å². The van der Waals surface area contributed by atoms with Gasteiger partial charge >= 0.3 is 5.97 Å². The molecule has 1 rings (SSSR count). The van der Waals surface area contributed by atoms with Gasteiger partial charge in [0.05, 0.1) is 12.0 Å². The summed E-state index contributed by atoms with van der Waals surface area (Å²) >= 11 is 1.11. The smallest absolute Gasteiger partial charge is 0.346 e. The molecule has 0 heterocycles. The summed E-state index contributed by atoms with van der Waals surface area (Å²) in [5.74, 6) is -0.488. The van der Waals surface area contributed by atoms with Crippen LogP contribution in [0.5, 0.6) is 0 Å². The second-order valence-corrected chi connectivity index (χ2v) is 4.53. The van der Waals surface area contributed by atoms with Crippen molar-refractivity contribution in [3.8, 4) is 0 Å². The molecule has 0 saturated carbocycles. The van der Waals surface area contributed by atoms with Gasteiger partial charge in [0.25, 0.3) is 5.69 Å². The normalized spacial score (nSPS) is 10.9. The Kier molecular flexibility index (Phi) is 5.87. The predicted molar refractivity (Wildman–Crippen MR) is 72.7 cm³/mol. The van der Waals surface area contributed by atoms with Crippen LogP contribution in [-0.2, 0) is 9.53 Å². The van der Waals surface area contributed by atoms with Gasteiger partial charge in [0, 0.05) is 29.8 Å². The van der Waals surface area contributed by atoms with Crippen molar-refractivity contribution < 1.29 is 14.5 Å². The molecule has 1 aromatic carbocycles. The van der Waals surface area contributed by atoms with Crippen LogP contribution in [0.4, 0.5) is 5.69 Å². The Balaban J connectivity index is 2.93. The monoisotopic (exact) mass is 282 g/mol. The Morgan fingerprint density at radius 2 is 2.32 bits per heavy atom. The third-order valence-electron chi connectivity index (χ3n) is 2.08. The summed E-state index contributed by atoms with van der Waals surface area (Å²) < 4.78 is 4.66. The minimum absolute atomic E-state index is 0.0160. The Bertz CT molecular complexity index is 502. The number of thioether (sulfide) groups is 1. The van der Waals surface area contributed by atoms with E-state index in [1.165, 1.54) is 25.4 Å². The fourth-order valence-corrected chi connectivity index (χ4v) is 2.10. The number of nitro groups is 1. The van der Waals surface area contributed by atoms with E-state index in [9.17, 15) is 14.9 Å². The number of nitrogens with zero attached hydrogens (tertiary/aromatic N) is 1. The minimum Gasteiger partial charge on any atom is -0.465 e. The molecule has 0 amide bonds. The van der Waals surface area contributed by atoms with Crippen LogP contribution in [-0.4, -0.2) is 24.5 Å². The van der Waals surface area contributed by atoms with Crippen molar-refractivity contribution in [2.24, 2.45) is 0 Å². The van der Waals surface area contributed by atoms with Crippen LogP contribution in [0.1, 0.15) is 6.92 Å². The summed E-state index contributed by atoms with van der Waals surface area (Å²) in [7, 11) is 1.29. The second-order valence-electron chi connectivity index (χ2n) is 3.41. The lowest BCUT2D eigenvalue weighted by molar-refractivity contribution is -0.385. The van der Waals surface area contributed by atoms with Gasteiger partial charge in [0.1, 0.15) is 4.91 Å². The number of carbonyl (C=O) groups excluding carboxylic acids is 1. The molecule has 102 valence electrons. The van der Waals surface area contributed by atoms with Gasteiger partial charge in [-0.3, -0.25) is 10.1 Å². The van der Waals surface area contributed by atoms with Gasteiger partial charge in [-0.15, -0.1) is 0 Å². The maximum Gasteiger partial charge on any atom is 0.346 e. The van der Waals surface area contributed by atoms with E-state index in [1.54, 1.807) is 12.1 Å². The highest BCUT2D eigenvalue weighted by atomic mass is 32.2. The number of rotatable bonds is 6. The lowest BCUT2D eigenvalue weighted by atomic mass is 10.3. The zero-order valence-corrected chi connectivity index (χ0v) is 11.4. The Morgan fingerprint density at radius 3 is 2.89 bits per heavy atom. The van der Waals surface area contributed by atoms with Crippen LogP contribution in [0.2, 0.25) is 0 Å². The molecule has 0 aliphatic heterocycles. The van der Waals surface area contributed by atoms with Crippen LogP contribution in [0.3, 0.4) is 0 Å². The fourth-order valence-electron chi connectivity index (χ4n) is 1.21. The summed E-state index contributed by atoms with van der Waals surface area (Å²) in [6, 6.07) is 6.08. The predicted octanol–water partition coefficient (Wildman–Crippen LogP) is 2.31. The average Bonchev–Trinajstić information content (AvgIpc) is 2.42. The molecule has 0 atom stereocenters. The highest BCUT2D eigenvalue weighted by Crippen LogP contribution is 2.29. The largest absolute Gasteiger partial charge is 0.465 e. The van der Waals surface area contributed by atoms with E-state index < -0.39 is 10.9 Å². The molecule has 0 radical (unpaired) electrons. The first-order valence-electron chi connectivity index (χ1n) is 5.52. The van der Waals surface area contributed by atoms with Crippen LogP contribution in [0.15, 0.2) is 40.3 Å². The van der Waals surface area contributed by atoms with Crippen molar-refractivity contribution in [3.63, 3.8) is 0 Å². The topological polar surface area (TPSA) is 81.5 Å². The molecule has 19 heavy (non-hydrogen) atoms. The zero-order valence-electron chi connectivity index (χ0n) is 10.6. The number of carbonyl (C=O) groups is 1. The van der Waals surface area contributed by atoms with E-state index in [-0.39, 0.29) is 5.69 Å². The molecule has 0 fully saturated rings. The summed E-state index contributed by atoms with van der Waals surface area (Å²) in [4.78, 5) is 22.7. The van der Waals surface area contributed by atoms with E-state index >= 15 is 0 Å². The van der Waals surface area contributed by atoms with Gasteiger partial charge in [-0.25, -0.2) is 4.79 Å². The molecular weight excluding hydrogens is 268 g/mol. The lowest BCUT2D eigenvalue weighted by Crippen LogP contribution is -2.09. The van der Waals surface area contributed by atoms with Gasteiger partial charge in [-0.2, -0.15) is 0 Å². The van der Waals surface area contributed by atoms with E-state index in [1.807, 2.05) is 6.92 Å². The number of hydrogen-bond acceptors (Lipinski definition) is 6. The third kappa shape index (κ3) is 4.63. The van der Waals surface area contributed by atoms with Crippen LogP contribution in [0.25, 0.3) is 0 Å². The molecule has 1 N–H and O–H groups in total. The molecule has 0 bridgehead atoms. The second kappa shape index (κ2) is 7.42. The molecule has 0 aromatic heterocycles. The molecule has 6 nitrogen and oxygen atoms in total. The van der Waals surface area contributed by atoms with Crippen LogP contribution < -0.4 is 5.32 Å². The first-order valence-corrected chi connectivity index (χ1v) is 6.34. The van der Waals surface area contributed by atoms with Crippen molar-refractivity contribution in [3.05, 3.63) is 45.5 Å². The lowest BCUT2D eigenvalue weighted by Gasteiger charge is -2.05. The van der Waals surface area contributed by atoms with Crippen molar-refractivity contribution >= 4 is 23.4 Å². The number of nitro benzene ring substituents is 1. The van der Waals surface area contributed by atoms with E-state index in [4.69, 9.17) is 0 Å². The maximum absolute atomic E-state index is 11.6. The van der Waals surface area contributed by atoms with Crippen molar-refractivity contribution in [2.45, 2.75) is 11.8 Å². The van der Waals surface area contributed by atoms with Gasteiger partial charge in [0.15, 0.2) is 0 Å². The summed E-state index contributed by atoms with van der Waals surface area (Å²) in [6.07, 6.45) is 1.54. The number of ether oxygens (including phenoxy) is 1. The van der Waals surface area contributed by atoms with Gasteiger partial charge in [-0.1, -0.05) is 17.8 Å². The third-order valence-corrected chi connectivity index (χ3v) is 3.07. The molecule has 1 aromatic rings. The summed E-state index contributed by atoms with van der Waals surface area (Å²) in [5, 5.41) is 13.6. The van der Waals surface area contributed by atoms with E-state index in [0.29, 0.717) is 16.3 Å². The van der Waals surface area contributed by atoms with Crippen molar-refractivity contribution in [2.75, 3.05) is 13.7 Å². The number of hydrogen-bond donors (Lipinski definition) is 1. The standard InChI is InChI=1S/C12H14N2O4S/c1-3-13-8-11(12(15)18-2)19-10-6-4-5-9(7-10)14(16)17/h4-8,13H,3H2,1-2H3. The minimum atomic E-state index is -0.488. The van der Waals surface area contributed by atoms with Gasteiger partial charge < -0.3 is 10.1 Å². The molecule has 0 spiro atoms. The van der Waals surface area contributed by atoms with Gasteiger partial charge in [0.2, 0.25) is 0 Å². The number of esters is 1. The Morgan fingerprint density at radius 1 is 1.58 bits per heavy atom. The summed E-state index contributed by atoms with van der Waals surface area (Å²) in [6.45, 7) is 2.55. The molecule has 7 heteroatoms. The number of methoxy groups -OCH3 is 1.